The van der Waals surface area contributed by atoms with Crippen LogP contribution in [-0.4, -0.2) is 54.6 Å². The molecule has 0 aromatic heterocycles. The van der Waals surface area contributed by atoms with Crippen LogP contribution in [0.2, 0.25) is 0 Å². The summed E-state index contributed by atoms with van der Waals surface area (Å²) in [6.45, 7) is 5.15. The predicted molar refractivity (Wildman–Crippen MR) is 97.0 cm³/mol. The Kier molecular flexibility index (Phi) is 6.54. The van der Waals surface area contributed by atoms with Gasteiger partial charge in [0.2, 0.25) is 11.8 Å². The molecule has 5 nitrogen and oxygen atoms in total. The third kappa shape index (κ3) is 4.44. The molecule has 0 radical (unpaired) electrons. The molecule has 2 rings (SSSR count). The molecule has 1 aromatic rings. The molecule has 0 N–H and O–H groups in total. The van der Waals surface area contributed by atoms with Gasteiger partial charge in [-0.3, -0.25) is 9.59 Å². The van der Waals surface area contributed by atoms with E-state index < -0.39 is 0 Å². The summed E-state index contributed by atoms with van der Waals surface area (Å²) in [6.07, 6.45) is 0.537. The number of benzene rings is 1. The van der Waals surface area contributed by atoms with E-state index in [1.54, 1.807) is 30.8 Å². The molecule has 132 valence electrons. The normalized spacial score (nSPS) is 17.5. The molecule has 24 heavy (non-hydrogen) atoms. The summed E-state index contributed by atoms with van der Waals surface area (Å²) >= 11 is 1.60. The fourth-order valence-corrected chi connectivity index (χ4v) is 3.95. The molecular weight excluding hydrogens is 324 g/mol. The molecule has 1 aromatic carbocycles. The van der Waals surface area contributed by atoms with Crippen molar-refractivity contribution in [2.75, 3.05) is 33.0 Å². The predicted octanol–water partition coefficient (Wildman–Crippen LogP) is 2.77. The van der Waals surface area contributed by atoms with Gasteiger partial charge in [0.1, 0.15) is 11.1 Å². The number of ether oxygens (including phenoxy) is 1. The number of amides is 2. The third-order valence-electron chi connectivity index (χ3n) is 4.06. The number of thioether (sulfide) groups is 1. The lowest BCUT2D eigenvalue weighted by molar-refractivity contribution is -0.133. The highest BCUT2D eigenvalue weighted by molar-refractivity contribution is 8.00. The number of hydrogen-bond acceptors (Lipinski definition) is 4. The van der Waals surface area contributed by atoms with Crippen LogP contribution in [0, 0.1) is 5.92 Å². The van der Waals surface area contributed by atoms with Gasteiger partial charge in [-0.05, 0) is 12.0 Å². The summed E-state index contributed by atoms with van der Waals surface area (Å²) in [5, 5.41) is -0.0535. The van der Waals surface area contributed by atoms with Crippen molar-refractivity contribution in [1.29, 1.82) is 0 Å². The van der Waals surface area contributed by atoms with Gasteiger partial charge in [0.05, 0.1) is 12.9 Å². The lowest BCUT2D eigenvalue weighted by atomic mass is 10.1. The Hall–Kier alpha value is -1.69. The molecule has 0 bridgehead atoms. The van der Waals surface area contributed by atoms with Gasteiger partial charge in [0.15, 0.2) is 0 Å². The van der Waals surface area contributed by atoms with Crippen molar-refractivity contribution in [3.63, 3.8) is 0 Å². The van der Waals surface area contributed by atoms with Crippen molar-refractivity contribution >= 4 is 23.6 Å². The molecule has 1 aliphatic heterocycles. The van der Waals surface area contributed by atoms with Gasteiger partial charge in [-0.1, -0.05) is 32.0 Å². The summed E-state index contributed by atoms with van der Waals surface area (Å²) in [6, 6.07) is 7.79. The molecule has 0 unspecified atom stereocenters. The first-order valence-corrected chi connectivity index (χ1v) is 9.26. The largest absolute Gasteiger partial charge is 0.496 e. The summed E-state index contributed by atoms with van der Waals surface area (Å²) in [7, 11) is 3.44. The van der Waals surface area contributed by atoms with E-state index in [4.69, 9.17) is 4.74 Å². The van der Waals surface area contributed by atoms with Crippen LogP contribution < -0.4 is 4.74 Å². The highest BCUT2D eigenvalue weighted by atomic mass is 32.2. The fraction of sp³-hybridized carbons (Fsp3) is 0.556. The van der Waals surface area contributed by atoms with Gasteiger partial charge in [-0.15, -0.1) is 11.8 Å². The van der Waals surface area contributed by atoms with E-state index in [0.29, 0.717) is 31.2 Å². The summed E-state index contributed by atoms with van der Waals surface area (Å²) in [5.41, 5.74) is 1.01. The van der Waals surface area contributed by atoms with E-state index >= 15 is 0 Å². The zero-order chi connectivity index (χ0) is 17.7. The molecule has 1 aliphatic rings. The van der Waals surface area contributed by atoms with Crippen molar-refractivity contribution in [1.82, 2.24) is 9.80 Å². The first-order chi connectivity index (χ1) is 11.4. The van der Waals surface area contributed by atoms with E-state index in [9.17, 15) is 9.59 Å². The van der Waals surface area contributed by atoms with Crippen LogP contribution in [0.5, 0.6) is 5.75 Å². The highest BCUT2D eigenvalue weighted by Gasteiger charge is 2.34. The maximum atomic E-state index is 12.3. The molecule has 1 fully saturated rings. The SMILES string of the molecule is COc1ccccc1[C@H]1SCC(=O)N1CCN(C)C(=O)CC(C)C. The van der Waals surface area contributed by atoms with Crippen molar-refractivity contribution in [3.05, 3.63) is 29.8 Å². The second-order valence-corrected chi connectivity index (χ2v) is 7.47. The first kappa shape index (κ1) is 18.6. The topological polar surface area (TPSA) is 49.9 Å². The van der Waals surface area contributed by atoms with Crippen LogP contribution in [0.3, 0.4) is 0 Å². The molecule has 1 atom stereocenters. The minimum atomic E-state index is -0.0535. The average Bonchev–Trinajstić information content (AvgIpc) is 2.92. The maximum absolute atomic E-state index is 12.3. The summed E-state index contributed by atoms with van der Waals surface area (Å²) in [4.78, 5) is 27.9. The number of likely N-dealkylation sites (N-methyl/N-ethyl adjacent to an activating group) is 1. The van der Waals surface area contributed by atoms with E-state index in [0.717, 1.165) is 11.3 Å². The van der Waals surface area contributed by atoms with Gasteiger partial charge >= 0.3 is 0 Å². The van der Waals surface area contributed by atoms with E-state index in [1.807, 2.05) is 43.0 Å². The van der Waals surface area contributed by atoms with Crippen LogP contribution in [0.4, 0.5) is 0 Å². The fourth-order valence-electron chi connectivity index (χ4n) is 2.71. The Morgan fingerprint density at radius 3 is 2.79 bits per heavy atom. The number of carbonyl (C=O) groups is 2. The summed E-state index contributed by atoms with van der Waals surface area (Å²) in [5.74, 6) is 1.83. The Bertz CT molecular complexity index is 591. The van der Waals surface area contributed by atoms with Crippen molar-refractivity contribution in [2.24, 2.45) is 5.92 Å². The van der Waals surface area contributed by atoms with Gasteiger partial charge in [0, 0.05) is 32.1 Å². The van der Waals surface area contributed by atoms with Crippen molar-refractivity contribution in [2.45, 2.75) is 25.6 Å². The lowest BCUT2D eigenvalue weighted by Crippen LogP contribution is -2.38. The maximum Gasteiger partial charge on any atom is 0.233 e. The van der Waals surface area contributed by atoms with E-state index in [-0.39, 0.29) is 17.2 Å². The van der Waals surface area contributed by atoms with Crippen LogP contribution in [-0.2, 0) is 9.59 Å². The molecule has 6 heteroatoms. The van der Waals surface area contributed by atoms with Crippen LogP contribution in [0.1, 0.15) is 31.2 Å². The highest BCUT2D eigenvalue weighted by Crippen LogP contribution is 2.42. The van der Waals surface area contributed by atoms with Gasteiger partial charge in [0.25, 0.3) is 0 Å². The monoisotopic (exact) mass is 350 g/mol. The van der Waals surface area contributed by atoms with Crippen molar-refractivity contribution in [3.8, 4) is 5.75 Å². The molecular formula is C18H26N2O3S. The number of methoxy groups -OCH3 is 1. The zero-order valence-corrected chi connectivity index (χ0v) is 15.6. The Labute approximate surface area is 148 Å². The van der Waals surface area contributed by atoms with Gasteiger partial charge < -0.3 is 14.5 Å². The molecule has 2 amide bonds. The molecule has 1 saturated heterocycles. The number of nitrogens with zero attached hydrogens (tertiary/aromatic N) is 2. The lowest BCUT2D eigenvalue weighted by Gasteiger charge is -2.28. The van der Waals surface area contributed by atoms with Crippen LogP contribution in [0.15, 0.2) is 24.3 Å². The van der Waals surface area contributed by atoms with Crippen LogP contribution >= 0.6 is 11.8 Å². The van der Waals surface area contributed by atoms with Crippen molar-refractivity contribution < 1.29 is 14.3 Å². The number of rotatable bonds is 7. The quantitative estimate of drug-likeness (QED) is 0.759. The second kappa shape index (κ2) is 8.42. The Balaban J connectivity index is 2.04. The Morgan fingerprint density at radius 1 is 1.42 bits per heavy atom. The van der Waals surface area contributed by atoms with E-state index in [2.05, 4.69) is 0 Å². The number of para-hydroxylation sites is 1. The zero-order valence-electron chi connectivity index (χ0n) is 14.8. The second-order valence-electron chi connectivity index (χ2n) is 6.41. The first-order valence-electron chi connectivity index (χ1n) is 8.22. The number of carbonyl (C=O) groups excluding carboxylic acids is 2. The van der Waals surface area contributed by atoms with Gasteiger partial charge in [-0.25, -0.2) is 0 Å². The molecule has 0 saturated carbocycles. The number of hydrogen-bond donors (Lipinski definition) is 0. The third-order valence-corrected chi connectivity index (χ3v) is 5.30. The van der Waals surface area contributed by atoms with Crippen LogP contribution in [0.25, 0.3) is 0 Å². The standard InChI is InChI=1S/C18H26N2O3S/c1-13(2)11-16(21)19(3)9-10-20-17(22)12-24-18(20)14-7-5-6-8-15(14)23-4/h5-8,13,18H,9-12H2,1-4H3/t18-/m1/s1. The van der Waals surface area contributed by atoms with E-state index in [1.165, 1.54) is 0 Å². The molecule has 1 heterocycles. The Morgan fingerprint density at radius 2 is 2.12 bits per heavy atom. The minimum absolute atomic E-state index is 0.0535. The minimum Gasteiger partial charge on any atom is -0.496 e. The molecule has 0 spiro atoms. The average molecular weight is 350 g/mol. The smallest absolute Gasteiger partial charge is 0.233 e. The van der Waals surface area contributed by atoms with Gasteiger partial charge in [-0.2, -0.15) is 0 Å². The summed E-state index contributed by atoms with van der Waals surface area (Å²) < 4.78 is 5.43. The molecule has 0 aliphatic carbocycles.